The Labute approximate surface area is 118 Å². The highest BCUT2D eigenvalue weighted by Gasteiger charge is 2.24. The smallest absolute Gasteiger partial charge is 0.163 e. The zero-order chi connectivity index (χ0) is 14.1. The lowest BCUT2D eigenvalue weighted by Crippen LogP contribution is -2.24. The average Bonchev–Trinajstić information content (AvgIpc) is 2.89. The number of aromatic nitrogens is 3. The van der Waals surface area contributed by atoms with E-state index in [1.807, 2.05) is 26.0 Å². The van der Waals surface area contributed by atoms with Crippen molar-refractivity contribution in [2.24, 2.45) is 0 Å². The van der Waals surface area contributed by atoms with Crippen molar-refractivity contribution in [1.82, 2.24) is 15.0 Å². The molecule has 0 radical (unpaired) electrons. The first-order chi connectivity index (χ1) is 9.65. The number of hydrogen-bond acceptors (Lipinski definition) is 5. The van der Waals surface area contributed by atoms with Crippen molar-refractivity contribution in [3.05, 3.63) is 35.8 Å². The van der Waals surface area contributed by atoms with Crippen LogP contribution in [0, 0.1) is 13.8 Å². The van der Waals surface area contributed by atoms with Crippen molar-refractivity contribution in [1.29, 1.82) is 0 Å². The molecule has 5 nitrogen and oxygen atoms in total. The summed E-state index contributed by atoms with van der Waals surface area (Å²) in [5.41, 5.74) is 2.96. The van der Waals surface area contributed by atoms with Gasteiger partial charge in [-0.05, 0) is 32.4 Å². The second-order valence-electron chi connectivity index (χ2n) is 5.21. The van der Waals surface area contributed by atoms with Gasteiger partial charge in [0.15, 0.2) is 5.82 Å². The Bertz CT molecular complexity index is 615. The number of hydrogen-bond donors (Lipinski definition) is 1. The van der Waals surface area contributed by atoms with Crippen LogP contribution in [0.2, 0.25) is 0 Å². The second kappa shape index (κ2) is 5.17. The van der Waals surface area contributed by atoms with E-state index >= 15 is 0 Å². The molecule has 1 atom stereocenters. The van der Waals surface area contributed by atoms with Crippen LogP contribution in [-0.2, 0) is 0 Å². The molecule has 104 valence electrons. The zero-order valence-corrected chi connectivity index (χ0v) is 11.7. The molecule has 2 aromatic heterocycles. The molecule has 1 aliphatic heterocycles. The number of aliphatic hydroxyl groups excluding tert-OH is 1. The Kier molecular flexibility index (Phi) is 3.36. The minimum atomic E-state index is -0.258. The maximum Gasteiger partial charge on any atom is 0.163 e. The van der Waals surface area contributed by atoms with E-state index in [0.717, 1.165) is 35.6 Å². The Hall–Kier alpha value is -2.01. The molecule has 0 bridgehead atoms. The van der Waals surface area contributed by atoms with E-state index in [9.17, 15) is 5.11 Å². The van der Waals surface area contributed by atoms with Crippen molar-refractivity contribution < 1.29 is 5.11 Å². The standard InChI is InChI=1S/C15H18N4O/c1-10-11(2)17-14(12-4-3-6-16-8-12)18-15(10)19-7-5-13(20)9-19/h3-4,6,8,13,20H,5,7,9H2,1-2H3/t13-/m1/s1. The van der Waals surface area contributed by atoms with Gasteiger partial charge in [-0.15, -0.1) is 0 Å². The number of β-amino-alcohol motifs (C(OH)–C–C–N with tert-alkyl or cyclic N) is 1. The summed E-state index contributed by atoms with van der Waals surface area (Å²) in [5, 5.41) is 9.71. The lowest BCUT2D eigenvalue weighted by atomic mass is 10.2. The number of anilines is 1. The number of pyridine rings is 1. The predicted molar refractivity (Wildman–Crippen MR) is 77.6 cm³/mol. The summed E-state index contributed by atoms with van der Waals surface area (Å²) < 4.78 is 0. The van der Waals surface area contributed by atoms with E-state index in [1.54, 1.807) is 12.4 Å². The first-order valence-electron chi connectivity index (χ1n) is 6.84. The summed E-state index contributed by atoms with van der Waals surface area (Å²) in [7, 11) is 0. The summed E-state index contributed by atoms with van der Waals surface area (Å²) in [6.45, 7) is 5.50. The van der Waals surface area contributed by atoms with E-state index in [4.69, 9.17) is 0 Å². The first kappa shape index (κ1) is 13.0. The van der Waals surface area contributed by atoms with Gasteiger partial charge in [-0.25, -0.2) is 9.97 Å². The van der Waals surface area contributed by atoms with Crippen LogP contribution >= 0.6 is 0 Å². The third-order valence-electron chi connectivity index (χ3n) is 3.75. The van der Waals surface area contributed by atoms with E-state index in [-0.39, 0.29) is 6.10 Å². The van der Waals surface area contributed by atoms with Crippen LogP contribution in [0.15, 0.2) is 24.5 Å². The lowest BCUT2D eigenvalue weighted by Gasteiger charge is -2.20. The quantitative estimate of drug-likeness (QED) is 0.900. The molecule has 0 saturated carbocycles. The molecule has 3 heterocycles. The first-order valence-corrected chi connectivity index (χ1v) is 6.84. The molecule has 1 aliphatic rings. The minimum absolute atomic E-state index is 0.258. The molecule has 2 aromatic rings. The van der Waals surface area contributed by atoms with Gasteiger partial charge in [0.1, 0.15) is 5.82 Å². The average molecular weight is 270 g/mol. The fraction of sp³-hybridized carbons (Fsp3) is 0.400. The van der Waals surface area contributed by atoms with E-state index in [2.05, 4.69) is 19.9 Å². The highest BCUT2D eigenvalue weighted by Crippen LogP contribution is 2.26. The van der Waals surface area contributed by atoms with Crippen LogP contribution in [0.25, 0.3) is 11.4 Å². The Morgan fingerprint density at radius 2 is 2.15 bits per heavy atom. The van der Waals surface area contributed by atoms with Crippen LogP contribution in [0.1, 0.15) is 17.7 Å². The van der Waals surface area contributed by atoms with Crippen LogP contribution < -0.4 is 4.90 Å². The van der Waals surface area contributed by atoms with Crippen molar-refractivity contribution >= 4 is 5.82 Å². The van der Waals surface area contributed by atoms with Crippen LogP contribution in [-0.4, -0.2) is 39.3 Å². The van der Waals surface area contributed by atoms with Crippen molar-refractivity contribution in [2.75, 3.05) is 18.0 Å². The number of aryl methyl sites for hydroxylation is 1. The van der Waals surface area contributed by atoms with Gasteiger partial charge in [0.05, 0.1) is 6.10 Å². The summed E-state index contributed by atoms with van der Waals surface area (Å²) >= 11 is 0. The highest BCUT2D eigenvalue weighted by atomic mass is 16.3. The molecule has 0 amide bonds. The molecule has 0 aliphatic carbocycles. The van der Waals surface area contributed by atoms with E-state index in [1.165, 1.54) is 0 Å². The van der Waals surface area contributed by atoms with Gasteiger partial charge in [0, 0.05) is 42.3 Å². The van der Waals surface area contributed by atoms with Gasteiger partial charge >= 0.3 is 0 Å². The highest BCUT2D eigenvalue weighted by molar-refractivity contribution is 5.59. The van der Waals surface area contributed by atoms with Gasteiger partial charge in [0.2, 0.25) is 0 Å². The third kappa shape index (κ3) is 2.36. The molecule has 1 fully saturated rings. The monoisotopic (exact) mass is 270 g/mol. The third-order valence-corrected chi connectivity index (χ3v) is 3.75. The normalized spacial score (nSPS) is 18.6. The largest absolute Gasteiger partial charge is 0.391 e. The van der Waals surface area contributed by atoms with Crippen molar-refractivity contribution in [2.45, 2.75) is 26.4 Å². The molecule has 1 saturated heterocycles. The Balaban J connectivity index is 2.04. The maximum atomic E-state index is 9.71. The minimum Gasteiger partial charge on any atom is -0.391 e. The van der Waals surface area contributed by atoms with E-state index in [0.29, 0.717) is 12.4 Å². The molecule has 5 heteroatoms. The van der Waals surface area contributed by atoms with Crippen LogP contribution in [0.4, 0.5) is 5.82 Å². The molecule has 3 rings (SSSR count). The van der Waals surface area contributed by atoms with Crippen LogP contribution in [0.3, 0.4) is 0 Å². The van der Waals surface area contributed by atoms with E-state index < -0.39 is 0 Å². The van der Waals surface area contributed by atoms with Gasteiger partial charge in [-0.2, -0.15) is 0 Å². The van der Waals surface area contributed by atoms with Gasteiger partial charge in [0.25, 0.3) is 0 Å². The summed E-state index contributed by atoms with van der Waals surface area (Å²) in [6.07, 6.45) is 4.05. The second-order valence-corrected chi connectivity index (χ2v) is 5.21. The molecule has 0 unspecified atom stereocenters. The Morgan fingerprint density at radius 3 is 2.80 bits per heavy atom. The molecule has 0 aromatic carbocycles. The van der Waals surface area contributed by atoms with Gasteiger partial charge in [-0.1, -0.05) is 0 Å². The topological polar surface area (TPSA) is 62.1 Å². The Morgan fingerprint density at radius 1 is 1.30 bits per heavy atom. The van der Waals surface area contributed by atoms with Gasteiger partial charge < -0.3 is 10.0 Å². The summed E-state index contributed by atoms with van der Waals surface area (Å²) in [4.78, 5) is 15.5. The van der Waals surface area contributed by atoms with Crippen molar-refractivity contribution in [3.63, 3.8) is 0 Å². The fourth-order valence-electron chi connectivity index (χ4n) is 2.48. The van der Waals surface area contributed by atoms with Crippen LogP contribution in [0.5, 0.6) is 0 Å². The number of aliphatic hydroxyl groups is 1. The molecular formula is C15H18N4O. The lowest BCUT2D eigenvalue weighted by molar-refractivity contribution is 0.198. The van der Waals surface area contributed by atoms with Gasteiger partial charge in [-0.3, -0.25) is 4.98 Å². The predicted octanol–water partition coefficient (Wildman–Crippen LogP) is 1.73. The maximum absolute atomic E-state index is 9.71. The number of rotatable bonds is 2. The fourth-order valence-corrected chi connectivity index (χ4v) is 2.48. The summed E-state index contributed by atoms with van der Waals surface area (Å²) in [6, 6.07) is 3.84. The SMILES string of the molecule is Cc1nc(-c2cccnc2)nc(N2CC[C@@H](O)C2)c1C. The summed E-state index contributed by atoms with van der Waals surface area (Å²) in [5.74, 6) is 1.62. The van der Waals surface area contributed by atoms with Crippen molar-refractivity contribution in [3.8, 4) is 11.4 Å². The molecular weight excluding hydrogens is 252 g/mol. The molecule has 0 spiro atoms. The molecule has 20 heavy (non-hydrogen) atoms. The molecule has 1 N–H and O–H groups in total. The number of nitrogens with zero attached hydrogens (tertiary/aromatic N) is 4. The zero-order valence-electron chi connectivity index (χ0n) is 11.7.